The minimum atomic E-state index is -2.32. The number of nitro benzene ring substituents is 1. The highest BCUT2D eigenvalue weighted by Crippen LogP contribution is 2.27. The average molecular weight is 347 g/mol. The van der Waals surface area contributed by atoms with Gasteiger partial charge in [-0.25, -0.2) is 22.0 Å². The van der Waals surface area contributed by atoms with Gasteiger partial charge in [-0.3, -0.25) is 15.5 Å². The molecule has 0 radical (unpaired) electrons. The molecule has 0 aliphatic heterocycles. The predicted octanol–water partition coefficient (Wildman–Crippen LogP) is 3.44. The van der Waals surface area contributed by atoms with Crippen molar-refractivity contribution in [2.24, 2.45) is 5.10 Å². The summed E-state index contributed by atoms with van der Waals surface area (Å²) in [6.07, 6.45) is 0.709. The van der Waals surface area contributed by atoms with Crippen molar-refractivity contribution in [2.45, 2.75) is 0 Å². The molecule has 2 aromatic rings. The van der Waals surface area contributed by atoms with Gasteiger partial charge in [0.15, 0.2) is 23.3 Å². The molecule has 2 rings (SSSR count). The van der Waals surface area contributed by atoms with Crippen LogP contribution in [0, 0.1) is 39.2 Å². The number of hydrogen-bond acceptors (Lipinski definition) is 5. The van der Waals surface area contributed by atoms with E-state index in [-0.39, 0.29) is 5.56 Å². The minimum absolute atomic E-state index is 0.222. The van der Waals surface area contributed by atoms with E-state index in [2.05, 4.69) is 5.10 Å². The lowest BCUT2D eigenvalue weighted by Crippen LogP contribution is -2.06. The second-order valence-corrected chi connectivity index (χ2v) is 4.32. The number of hydrogen-bond donors (Lipinski definition) is 2. The molecule has 24 heavy (non-hydrogen) atoms. The number of phenols is 1. The van der Waals surface area contributed by atoms with Crippen LogP contribution in [0.1, 0.15) is 5.56 Å². The van der Waals surface area contributed by atoms with Crippen molar-refractivity contribution in [3.63, 3.8) is 0 Å². The van der Waals surface area contributed by atoms with E-state index in [4.69, 9.17) is 0 Å². The third-order valence-corrected chi connectivity index (χ3v) is 2.81. The third-order valence-electron chi connectivity index (χ3n) is 2.81. The predicted molar refractivity (Wildman–Crippen MR) is 72.2 cm³/mol. The first-order valence-electron chi connectivity index (χ1n) is 6.02. The number of halogens is 5. The minimum Gasteiger partial charge on any atom is -0.507 e. The molecule has 0 aliphatic carbocycles. The summed E-state index contributed by atoms with van der Waals surface area (Å²) < 4.78 is 65.6. The lowest BCUT2D eigenvalue weighted by molar-refractivity contribution is -0.384. The van der Waals surface area contributed by atoms with Crippen LogP contribution in [0.3, 0.4) is 0 Å². The molecule has 0 amide bonds. The summed E-state index contributed by atoms with van der Waals surface area (Å²) in [4.78, 5) is 9.83. The van der Waals surface area contributed by atoms with Crippen LogP contribution in [-0.2, 0) is 0 Å². The number of rotatable bonds is 4. The number of aromatic hydroxyl groups is 1. The maximum absolute atomic E-state index is 13.4. The van der Waals surface area contributed by atoms with Crippen LogP contribution in [0.5, 0.6) is 5.75 Å². The molecule has 0 saturated heterocycles. The van der Waals surface area contributed by atoms with Gasteiger partial charge in [-0.2, -0.15) is 5.10 Å². The smallest absolute Gasteiger partial charge is 0.270 e. The zero-order chi connectivity index (χ0) is 18.0. The number of hydrazone groups is 1. The molecule has 11 heteroatoms. The molecular formula is C13H6F5N3O3. The summed E-state index contributed by atoms with van der Waals surface area (Å²) >= 11 is 0. The van der Waals surface area contributed by atoms with Crippen molar-refractivity contribution in [1.29, 1.82) is 0 Å². The van der Waals surface area contributed by atoms with Crippen molar-refractivity contribution in [1.82, 2.24) is 0 Å². The van der Waals surface area contributed by atoms with E-state index in [1.165, 1.54) is 0 Å². The van der Waals surface area contributed by atoms with E-state index in [0.29, 0.717) is 6.21 Å². The van der Waals surface area contributed by atoms with E-state index < -0.39 is 51.1 Å². The van der Waals surface area contributed by atoms with E-state index in [1.807, 2.05) is 0 Å². The highest BCUT2D eigenvalue weighted by Gasteiger charge is 2.25. The fourth-order valence-corrected chi connectivity index (χ4v) is 1.63. The quantitative estimate of drug-likeness (QED) is 0.221. The molecule has 0 bridgehead atoms. The number of phenolic OH excluding ortho intramolecular Hbond substituents is 1. The zero-order valence-electron chi connectivity index (χ0n) is 11.4. The van der Waals surface area contributed by atoms with Crippen molar-refractivity contribution >= 4 is 17.6 Å². The Morgan fingerprint density at radius 2 is 1.58 bits per heavy atom. The Morgan fingerprint density at radius 1 is 1.04 bits per heavy atom. The third kappa shape index (κ3) is 3.09. The van der Waals surface area contributed by atoms with Gasteiger partial charge in [0.25, 0.3) is 5.69 Å². The van der Waals surface area contributed by atoms with E-state index in [0.717, 1.165) is 18.2 Å². The largest absolute Gasteiger partial charge is 0.507 e. The summed E-state index contributed by atoms with van der Waals surface area (Å²) in [5, 5.41) is 23.3. The molecule has 0 atom stereocenters. The Balaban J connectivity index is 2.34. The first-order valence-corrected chi connectivity index (χ1v) is 6.02. The summed E-state index contributed by atoms with van der Waals surface area (Å²) in [6.45, 7) is 0. The summed E-state index contributed by atoms with van der Waals surface area (Å²) in [5.41, 5.74) is -0.437. The van der Waals surface area contributed by atoms with Crippen molar-refractivity contribution in [2.75, 3.05) is 5.43 Å². The number of nitrogens with zero attached hydrogens (tertiary/aromatic N) is 2. The van der Waals surface area contributed by atoms with Crippen molar-refractivity contribution in [3.8, 4) is 5.75 Å². The van der Waals surface area contributed by atoms with E-state index >= 15 is 0 Å². The monoisotopic (exact) mass is 347 g/mol. The van der Waals surface area contributed by atoms with Gasteiger partial charge < -0.3 is 5.11 Å². The molecule has 0 spiro atoms. The van der Waals surface area contributed by atoms with Crippen LogP contribution in [-0.4, -0.2) is 16.2 Å². The van der Waals surface area contributed by atoms with Crippen LogP contribution in [0.2, 0.25) is 0 Å². The Labute approximate surface area is 130 Å². The number of non-ortho nitro benzene ring substituents is 1. The van der Waals surface area contributed by atoms with Gasteiger partial charge in [0.05, 0.1) is 11.1 Å². The second kappa shape index (κ2) is 6.48. The second-order valence-electron chi connectivity index (χ2n) is 4.32. The molecule has 2 N–H and O–H groups in total. The molecule has 0 aliphatic rings. The topological polar surface area (TPSA) is 87.8 Å². The lowest BCUT2D eigenvalue weighted by atomic mass is 10.2. The number of anilines is 1. The van der Waals surface area contributed by atoms with Crippen LogP contribution in [0.25, 0.3) is 0 Å². The van der Waals surface area contributed by atoms with Gasteiger partial charge in [-0.05, 0) is 6.07 Å². The zero-order valence-corrected chi connectivity index (χ0v) is 11.4. The summed E-state index contributed by atoms with van der Waals surface area (Å²) in [5.74, 6) is -11.4. The van der Waals surface area contributed by atoms with Crippen LogP contribution in [0.4, 0.5) is 33.3 Å². The fraction of sp³-hybridized carbons (Fsp3) is 0. The van der Waals surface area contributed by atoms with Gasteiger partial charge >= 0.3 is 0 Å². The SMILES string of the molecule is O=[N+]([O-])c1ccc(O)c(C=NNc2c(F)c(F)c(F)c(F)c2F)c1. The van der Waals surface area contributed by atoms with Gasteiger partial charge in [0.1, 0.15) is 11.4 Å². The molecule has 2 aromatic carbocycles. The number of nitrogens with one attached hydrogen (secondary N) is 1. The molecule has 0 fully saturated rings. The maximum atomic E-state index is 13.4. The van der Waals surface area contributed by atoms with Gasteiger partial charge in [0, 0.05) is 17.7 Å². The van der Waals surface area contributed by atoms with Crippen LogP contribution < -0.4 is 5.43 Å². The average Bonchev–Trinajstić information content (AvgIpc) is 2.55. The Hall–Kier alpha value is -3.24. The first-order chi connectivity index (χ1) is 11.2. The lowest BCUT2D eigenvalue weighted by Gasteiger charge is -2.07. The Bertz CT molecular complexity index is 828. The Kier molecular flexibility index (Phi) is 4.62. The molecule has 6 nitrogen and oxygen atoms in total. The standard InChI is InChI=1S/C13H6F5N3O3/c14-8-9(15)11(17)13(12(18)10(8)16)20-19-4-5-3-6(21(23)24)1-2-7(5)22/h1-4,20,22H. The van der Waals surface area contributed by atoms with Crippen molar-refractivity contribution in [3.05, 3.63) is 63.0 Å². The molecule has 0 heterocycles. The molecular weight excluding hydrogens is 341 g/mol. The Morgan fingerprint density at radius 3 is 2.12 bits per heavy atom. The normalized spacial score (nSPS) is 11.0. The van der Waals surface area contributed by atoms with Crippen LogP contribution >= 0.6 is 0 Å². The fourth-order valence-electron chi connectivity index (χ4n) is 1.63. The highest BCUT2D eigenvalue weighted by atomic mass is 19.2. The van der Waals surface area contributed by atoms with E-state index in [1.54, 1.807) is 5.43 Å². The van der Waals surface area contributed by atoms with Crippen molar-refractivity contribution < 1.29 is 32.0 Å². The molecule has 0 unspecified atom stereocenters. The van der Waals surface area contributed by atoms with Gasteiger partial charge in [0.2, 0.25) is 5.82 Å². The number of benzene rings is 2. The maximum Gasteiger partial charge on any atom is 0.270 e. The van der Waals surface area contributed by atoms with Gasteiger partial charge in [-0.1, -0.05) is 0 Å². The number of nitro groups is 1. The van der Waals surface area contributed by atoms with Gasteiger partial charge in [-0.15, -0.1) is 0 Å². The molecule has 0 saturated carbocycles. The summed E-state index contributed by atoms with van der Waals surface area (Å²) in [6, 6.07) is 2.85. The van der Waals surface area contributed by atoms with E-state index in [9.17, 15) is 37.2 Å². The van der Waals surface area contributed by atoms with Crippen LogP contribution in [0.15, 0.2) is 23.3 Å². The summed E-state index contributed by atoms with van der Waals surface area (Å²) in [7, 11) is 0. The molecule has 0 aromatic heterocycles. The highest BCUT2D eigenvalue weighted by molar-refractivity contribution is 5.85. The molecule has 126 valence electrons. The first kappa shape index (κ1) is 17.1.